The molecule has 0 amide bonds. The molecule has 1 heterocycles. The second-order valence-electron chi connectivity index (χ2n) is 5.56. The van der Waals surface area contributed by atoms with Gasteiger partial charge in [0.1, 0.15) is 12.2 Å². The van der Waals surface area contributed by atoms with Crippen molar-refractivity contribution < 1.29 is 0 Å². The number of hydrogen-bond acceptors (Lipinski definition) is 3. The fourth-order valence-corrected chi connectivity index (χ4v) is 3.02. The van der Waals surface area contributed by atoms with Crippen LogP contribution in [0.25, 0.3) is 0 Å². The van der Waals surface area contributed by atoms with E-state index in [9.17, 15) is 0 Å². The Bertz CT molecular complexity index is 561. The van der Waals surface area contributed by atoms with Crippen molar-refractivity contribution in [2.24, 2.45) is 7.05 Å². The lowest BCUT2D eigenvalue weighted by molar-refractivity contribution is 0.488. The van der Waals surface area contributed by atoms with Gasteiger partial charge in [0.05, 0.1) is 0 Å². The first-order valence-electron chi connectivity index (χ1n) is 7.48. The predicted molar refractivity (Wildman–Crippen MR) is 79.4 cm³/mol. The zero-order chi connectivity index (χ0) is 13.8. The summed E-state index contributed by atoms with van der Waals surface area (Å²) in [5.41, 5.74) is 3.00. The maximum atomic E-state index is 4.13. The molecule has 4 nitrogen and oxygen atoms in total. The highest BCUT2D eigenvalue weighted by Crippen LogP contribution is 2.28. The van der Waals surface area contributed by atoms with Gasteiger partial charge in [0, 0.05) is 26.1 Å². The average molecular weight is 270 g/mol. The van der Waals surface area contributed by atoms with E-state index in [4.69, 9.17) is 0 Å². The third-order valence-electron chi connectivity index (χ3n) is 4.16. The van der Waals surface area contributed by atoms with Gasteiger partial charge >= 0.3 is 0 Å². The molecule has 20 heavy (non-hydrogen) atoms. The zero-order valence-electron chi connectivity index (χ0n) is 12.0. The van der Waals surface area contributed by atoms with Gasteiger partial charge in [0.15, 0.2) is 0 Å². The Morgan fingerprint density at radius 3 is 3.05 bits per heavy atom. The molecule has 0 saturated heterocycles. The average Bonchev–Trinajstić information content (AvgIpc) is 2.76. The highest BCUT2D eigenvalue weighted by Gasteiger charge is 2.17. The molecule has 2 aromatic rings. The summed E-state index contributed by atoms with van der Waals surface area (Å²) in [6, 6.07) is 9.35. The van der Waals surface area contributed by atoms with E-state index in [0.29, 0.717) is 6.04 Å². The van der Waals surface area contributed by atoms with Gasteiger partial charge in [-0.25, -0.2) is 0 Å². The van der Waals surface area contributed by atoms with Crippen LogP contribution in [0.1, 0.15) is 42.3 Å². The monoisotopic (exact) mass is 270 g/mol. The lowest BCUT2D eigenvalue weighted by Crippen LogP contribution is -2.24. The molecule has 0 fully saturated rings. The van der Waals surface area contributed by atoms with E-state index >= 15 is 0 Å². The summed E-state index contributed by atoms with van der Waals surface area (Å²) in [5.74, 6) is 1.04. The summed E-state index contributed by atoms with van der Waals surface area (Å²) < 4.78 is 1.99. The number of benzene rings is 1. The first kappa shape index (κ1) is 13.3. The number of rotatable bonds is 4. The summed E-state index contributed by atoms with van der Waals surface area (Å²) in [4.78, 5) is 0. The second-order valence-corrected chi connectivity index (χ2v) is 5.56. The first-order valence-corrected chi connectivity index (χ1v) is 7.48. The Hall–Kier alpha value is -1.68. The quantitative estimate of drug-likeness (QED) is 0.868. The van der Waals surface area contributed by atoms with Crippen molar-refractivity contribution in [2.75, 3.05) is 6.54 Å². The fraction of sp³-hybridized carbons (Fsp3) is 0.500. The van der Waals surface area contributed by atoms with Gasteiger partial charge in [-0.2, -0.15) is 0 Å². The topological polar surface area (TPSA) is 42.7 Å². The summed E-state index contributed by atoms with van der Waals surface area (Å²) in [7, 11) is 2.00. The predicted octanol–water partition coefficient (Wildman–Crippen LogP) is 2.41. The molecular weight excluding hydrogens is 248 g/mol. The van der Waals surface area contributed by atoms with Gasteiger partial charge in [-0.15, -0.1) is 10.2 Å². The van der Waals surface area contributed by atoms with Crippen LogP contribution in [0, 0.1) is 0 Å². The van der Waals surface area contributed by atoms with Gasteiger partial charge < -0.3 is 9.88 Å². The van der Waals surface area contributed by atoms with E-state index in [0.717, 1.165) is 18.8 Å². The van der Waals surface area contributed by atoms with Gasteiger partial charge in [-0.05, 0) is 30.4 Å². The number of fused-ring (bicyclic) bond motifs is 1. The molecule has 1 unspecified atom stereocenters. The van der Waals surface area contributed by atoms with Crippen LogP contribution >= 0.6 is 0 Å². The van der Waals surface area contributed by atoms with Crippen molar-refractivity contribution in [1.82, 2.24) is 20.1 Å². The molecule has 0 saturated carbocycles. The standard InChI is InChI=1S/C16H22N4/c1-20-12-18-19-16(20)10-11-17-15-9-5-3-7-13-6-2-4-8-14(13)15/h2,4,6,8,12,15,17H,3,5,7,9-11H2,1H3. The van der Waals surface area contributed by atoms with Crippen LogP contribution in [-0.4, -0.2) is 21.3 Å². The maximum Gasteiger partial charge on any atom is 0.133 e. The highest BCUT2D eigenvalue weighted by molar-refractivity contribution is 5.31. The lowest BCUT2D eigenvalue weighted by atomic mass is 9.99. The molecule has 0 bridgehead atoms. The highest BCUT2D eigenvalue weighted by atomic mass is 15.2. The van der Waals surface area contributed by atoms with E-state index < -0.39 is 0 Å². The molecule has 1 aromatic heterocycles. The SMILES string of the molecule is Cn1cnnc1CCNC1CCCCc2ccccc21. The first-order chi connectivity index (χ1) is 9.84. The second kappa shape index (κ2) is 6.18. The number of nitrogens with zero attached hydrogens (tertiary/aromatic N) is 3. The lowest BCUT2D eigenvalue weighted by Gasteiger charge is -2.19. The normalized spacial score (nSPS) is 18.6. The van der Waals surface area contributed by atoms with E-state index in [-0.39, 0.29) is 0 Å². The summed E-state index contributed by atoms with van der Waals surface area (Å²) >= 11 is 0. The molecule has 1 aromatic carbocycles. The molecule has 0 aliphatic heterocycles. The van der Waals surface area contributed by atoms with Crippen LogP contribution in [0.15, 0.2) is 30.6 Å². The van der Waals surface area contributed by atoms with Crippen LogP contribution in [0.5, 0.6) is 0 Å². The molecule has 3 rings (SSSR count). The Labute approximate surface area is 120 Å². The Balaban J connectivity index is 1.64. The summed E-state index contributed by atoms with van der Waals surface area (Å²) in [6.07, 6.45) is 7.74. The van der Waals surface area contributed by atoms with Gasteiger partial charge in [0.25, 0.3) is 0 Å². The van der Waals surface area contributed by atoms with Crippen molar-refractivity contribution in [1.29, 1.82) is 0 Å². The van der Waals surface area contributed by atoms with E-state index in [2.05, 4.69) is 39.8 Å². The zero-order valence-corrected chi connectivity index (χ0v) is 12.0. The molecular formula is C16H22N4. The number of nitrogens with one attached hydrogen (secondary N) is 1. The third-order valence-corrected chi connectivity index (χ3v) is 4.16. The van der Waals surface area contributed by atoms with E-state index in [1.165, 1.54) is 36.8 Å². The van der Waals surface area contributed by atoms with Crippen LogP contribution in [0.3, 0.4) is 0 Å². The van der Waals surface area contributed by atoms with Gasteiger partial charge in [-0.3, -0.25) is 0 Å². The molecule has 4 heteroatoms. The Kier molecular flexibility index (Phi) is 4.11. The minimum Gasteiger partial charge on any atom is -0.321 e. The Morgan fingerprint density at radius 2 is 2.20 bits per heavy atom. The van der Waals surface area contributed by atoms with Crippen LogP contribution < -0.4 is 5.32 Å². The molecule has 0 radical (unpaired) electrons. The van der Waals surface area contributed by atoms with E-state index in [1.54, 1.807) is 6.33 Å². The molecule has 1 atom stereocenters. The number of hydrogen-bond donors (Lipinski definition) is 1. The molecule has 1 aliphatic carbocycles. The molecule has 1 aliphatic rings. The maximum absolute atomic E-state index is 4.13. The molecule has 0 spiro atoms. The fourth-order valence-electron chi connectivity index (χ4n) is 3.02. The third kappa shape index (κ3) is 2.90. The van der Waals surface area contributed by atoms with Crippen molar-refractivity contribution in [3.8, 4) is 0 Å². The van der Waals surface area contributed by atoms with Crippen LogP contribution in [-0.2, 0) is 19.9 Å². The summed E-state index contributed by atoms with van der Waals surface area (Å²) in [6.45, 7) is 0.950. The van der Waals surface area contributed by atoms with Crippen molar-refractivity contribution in [2.45, 2.75) is 38.1 Å². The minimum atomic E-state index is 0.488. The van der Waals surface area contributed by atoms with Crippen molar-refractivity contribution in [3.63, 3.8) is 0 Å². The molecule has 1 N–H and O–H groups in total. The van der Waals surface area contributed by atoms with Crippen molar-refractivity contribution in [3.05, 3.63) is 47.5 Å². The van der Waals surface area contributed by atoms with Gasteiger partial charge in [0.2, 0.25) is 0 Å². The minimum absolute atomic E-state index is 0.488. The number of aryl methyl sites for hydroxylation is 2. The van der Waals surface area contributed by atoms with Gasteiger partial charge in [-0.1, -0.05) is 30.7 Å². The smallest absolute Gasteiger partial charge is 0.133 e. The van der Waals surface area contributed by atoms with Crippen molar-refractivity contribution >= 4 is 0 Å². The Morgan fingerprint density at radius 1 is 1.30 bits per heavy atom. The van der Waals surface area contributed by atoms with Crippen LogP contribution in [0.2, 0.25) is 0 Å². The van der Waals surface area contributed by atoms with Crippen LogP contribution in [0.4, 0.5) is 0 Å². The summed E-state index contributed by atoms with van der Waals surface area (Å²) in [5, 5.41) is 11.8. The largest absolute Gasteiger partial charge is 0.321 e. The van der Waals surface area contributed by atoms with E-state index in [1.807, 2.05) is 11.6 Å². The molecule has 106 valence electrons. The number of aromatic nitrogens is 3.